The SMILES string of the molecule is Cn1cc(CNS(=O)(=O)c2ccc3c(c2)OCO3)ccc1=O. The van der Waals surface area contributed by atoms with Crippen molar-refractivity contribution in [3.05, 3.63) is 52.4 Å². The summed E-state index contributed by atoms with van der Waals surface area (Å²) in [6, 6.07) is 7.42. The van der Waals surface area contributed by atoms with Crippen molar-refractivity contribution < 1.29 is 17.9 Å². The van der Waals surface area contributed by atoms with E-state index in [1.54, 1.807) is 25.4 Å². The topological polar surface area (TPSA) is 86.6 Å². The van der Waals surface area contributed by atoms with Crippen molar-refractivity contribution in [2.45, 2.75) is 11.4 Å². The largest absolute Gasteiger partial charge is 0.454 e. The van der Waals surface area contributed by atoms with Crippen LogP contribution in [-0.2, 0) is 23.6 Å². The number of nitrogens with zero attached hydrogens (tertiary/aromatic N) is 1. The number of ether oxygens (including phenoxy) is 2. The lowest BCUT2D eigenvalue weighted by Gasteiger charge is -2.08. The molecule has 0 saturated heterocycles. The molecule has 1 aromatic heterocycles. The predicted octanol–water partition coefficient (Wildman–Crippen LogP) is 0.592. The molecule has 0 saturated carbocycles. The molecule has 0 radical (unpaired) electrons. The lowest BCUT2D eigenvalue weighted by Crippen LogP contribution is -2.24. The third-order valence-corrected chi connectivity index (χ3v) is 4.67. The molecule has 1 aromatic carbocycles. The van der Waals surface area contributed by atoms with E-state index in [0.29, 0.717) is 17.1 Å². The summed E-state index contributed by atoms with van der Waals surface area (Å²) in [5.41, 5.74) is 0.536. The highest BCUT2D eigenvalue weighted by molar-refractivity contribution is 7.89. The fourth-order valence-corrected chi connectivity index (χ4v) is 3.09. The van der Waals surface area contributed by atoms with Crippen LogP contribution < -0.4 is 19.8 Å². The minimum Gasteiger partial charge on any atom is -0.454 e. The van der Waals surface area contributed by atoms with E-state index < -0.39 is 10.0 Å². The number of nitrogens with one attached hydrogen (secondary N) is 1. The summed E-state index contributed by atoms with van der Waals surface area (Å²) in [7, 11) is -2.07. The van der Waals surface area contributed by atoms with Crippen LogP contribution in [0.1, 0.15) is 5.56 Å². The van der Waals surface area contributed by atoms with Gasteiger partial charge in [0.2, 0.25) is 22.4 Å². The van der Waals surface area contributed by atoms with Gasteiger partial charge in [0.25, 0.3) is 0 Å². The molecule has 2 aromatic rings. The van der Waals surface area contributed by atoms with Crippen LogP contribution in [0, 0.1) is 0 Å². The summed E-state index contributed by atoms with van der Waals surface area (Å²) in [4.78, 5) is 11.4. The van der Waals surface area contributed by atoms with Gasteiger partial charge in [0.05, 0.1) is 4.90 Å². The molecule has 116 valence electrons. The van der Waals surface area contributed by atoms with Gasteiger partial charge in [-0.25, -0.2) is 13.1 Å². The van der Waals surface area contributed by atoms with Crippen molar-refractivity contribution in [1.82, 2.24) is 9.29 Å². The second kappa shape index (κ2) is 5.47. The van der Waals surface area contributed by atoms with Gasteiger partial charge in [-0.05, 0) is 17.7 Å². The number of hydrogen-bond donors (Lipinski definition) is 1. The molecule has 7 nitrogen and oxygen atoms in total. The van der Waals surface area contributed by atoms with Crippen LogP contribution in [0.15, 0.2) is 46.2 Å². The Morgan fingerprint density at radius 2 is 1.95 bits per heavy atom. The van der Waals surface area contributed by atoms with Gasteiger partial charge < -0.3 is 14.0 Å². The van der Waals surface area contributed by atoms with Crippen molar-refractivity contribution in [1.29, 1.82) is 0 Å². The molecule has 0 spiro atoms. The van der Waals surface area contributed by atoms with Crippen molar-refractivity contribution >= 4 is 10.0 Å². The molecule has 22 heavy (non-hydrogen) atoms. The smallest absolute Gasteiger partial charge is 0.250 e. The van der Waals surface area contributed by atoms with Gasteiger partial charge in [0.15, 0.2) is 11.5 Å². The molecule has 1 aliphatic heterocycles. The maximum atomic E-state index is 12.3. The number of aromatic nitrogens is 1. The number of hydrogen-bond acceptors (Lipinski definition) is 5. The fraction of sp³-hybridized carbons (Fsp3) is 0.214. The van der Waals surface area contributed by atoms with Crippen LogP contribution in [0.4, 0.5) is 0 Å². The number of fused-ring (bicyclic) bond motifs is 1. The first-order valence-corrected chi connectivity index (χ1v) is 7.99. The van der Waals surface area contributed by atoms with E-state index in [2.05, 4.69) is 4.72 Å². The highest BCUT2D eigenvalue weighted by atomic mass is 32.2. The van der Waals surface area contributed by atoms with Crippen LogP contribution in [0.3, 0.4) is 0 Å². The maximum Gasteiger partial charge on any atom is 0.250 e. The molecule has 0 aliphatic carbocycles. The third kappa shape index (κ3) is 2.83. The number of pyridine rings is 1. The number of aryl methyl sites for hydroxylation is 1. The van der Waals surface area contributed by atoms with Crippen molar-refractivity contribution in [3.8, 4) is 11.5 Å². The summed E-state index contributed by atoms with van der Waals surface area (Å²) < 4.78 is 38.8. The molecule has 0 fully saturated rings. The summed E-state index contributed by atoms with van der Waals surface area (Å²) in [5.74, 6) is 0.932. The van der Waals surface area contributed by atoms with Gasteiger partial charge >= 0.3 is 0 Å². The summed E-state index contributed by atoms with van der Waals surface area (Å²) in [5, 5.41) is 0. The Balaban J connectivity index is 1.78. The highest BCUT2D eigenvalue weighted by Gasteiger charge is 2.20. The quantitative estimate of drug-likeness (QED) is 0.890. The minimum absolute atomic E-state index is 0.0876. The summed E-state index contributed by atoms with van der Waals surface area (Å²) >= 11 is 0. The van der Waals surface area contributed by atoms with Crippen molar-refractivity contribution in [2.24, 2.45) is 7.05 Å². The van der Waals surface area contributed by atoms with E-state index in [9.17, 15) is 13.2 Å². The third-order valence-electron chi connectivity index (χ3n) is 3.27. The van der Waals surface area contributed by atoms with Crippen molar-refractivity contribution in [2.75, 3.05) is 6.79 Å². The first-order chi connectivity index (χ1) is 10.5. The molecular weight excluding hydrogens is 308 g/mol. The lowest BCUT2D eigenvalue weighted by atomic mass is 10.3. The molecule has 0 unspecified atom stereocenters. The first-order valence-electron chi connectivity index (χ1n) is 6.50. The highest BCUT2D eigenvalue weighted by Crippen LogP contribution is 2.33. The zero-order valence-electron chi connectivity index (χ0n) is 11.8. The van der Waals surface area contributed by atoms with Gasteiger partial charge in [0.1, 0.15) is 0 Å². The Morgan fingerprint density at radius 1 is 1.18 bits per heavy atom. The Morgan fingerprint density at radius 3 is 2.73 bits per heavy atom. The van der Waals surface area contributed by atoms with Crippen LogP contribution in [0.5, 0.6) is 11.5 Å². The molecule has 0 bridgehead atoms. The van der Waals surface area contributed by atoms with Crippen LogP contribution in [0.25, 0.3) is 0 Å². The Hall–Kier alpha value is -2.32. The fourth-order valence-electron chi connectivity index (χ4n) is 2.06. The van der Waals surface area contributed by atoms with E-state index in [1.165, 1.54) is 22.8 Å². The van der Waals surface area contributed by atoms with Crippen LogP contribution in [-0.4, -0.2) is 19.8 Å². The van der Waals surface area contributed by atoms with E-state index in [4.69, 9.17) is 9.47 Å². The van der Waals surface area contributed by atoms with Gasteiger partial charge in [-0.3, -0.25) is 4.79 Å². The average Bonchev–Trinajstić information content (AvgIpc) is 2.96. The zero-order chi connectivity index (χ0) is 15.7. The molecule has 0 atom stereocenters. The number of sulfonamides is 1. The Labute approximate surface area is 127 Å². The van der Waals surface area contributed by atoms with E-state index in [1.807, 2.05) is 0 Å². The molecule has 0 amide bonds. The number of rotatable bonds is 4. The predicted molar refractivity (Wildman–Crippen MR) is 78.3 cm³/mol. The summed E-state index contributed by atoms with van der Waals surface area (Å²) in [6.07, 6.45) is 1.59. The van der Waals surface area contributed by atoms with Crippen LogP contribution in [0.2, 0.25) is 0 Å². The van der Waals surface area contributed by atoms with E-state index >= 15 is 0 Å². The van der Waals surface area contributed by atoms with Gasteiger partial charge in [-0.15, -0.1) is 0 Å². The molecule has 3 rings (SSSR count). The molecule has 1 N–H and O–H groups in total. The lowest BCUT2D eigenvalue weighted by molar-refractivity contribution is 0.174. The van der Waals surface area contributed by atoms with Crippen LogP contribution >= 0.6 is 0 Å². The Bertz CT molecular complexity index is 873. The second-order valence-corrected chi connectivity index (χ2v) is 6.59. The van der Waals surface area contributed by atoms with E-state index in [0.717, 1.165) is 0 Å². The zero-order valence-corrected chi connectivity index (χ0v) is 12.6. The molecule has 2 heterocycles. The average molecular weight is 322 g/mol. The second-order valence-electron chi connectivity index (χ2n) is 4.83. The van der Waals surface area contributed by atoms with E-state index in [-0.39, 0.29) is 23.8 Å². The molecular formula is C14H14N2O5S. The monoisotopic (exact) mass is 322 g/mol. The molecule has 1 aliphatic rings. The standard InChI is InChI=1S/C14H14N2O5S/c1-16-8-10(2-5-14(16)17)7-15-22(18,19)11-3-4-12-13(6-11)21-9-20-12/h2-6,8,15H,7,9H2,1H3. The van der Waals surface area contributed by atoms with Gasteiger partial charge in [-0.1, -0.05) is 6.07 Å². The number of benzene rings is 1. The maximum absolute atomic E-state index is 12.3. The van der Waals surface area contributed by atoms with Gasteiger partial charge in [-0.2, -0.15) is 0 Å². The summed E-state index contributed by atoms with van der Waals surface area (Å²) in [6.45, 7) is 0.176. The van der Waals surface area contributed by atoms with Crippen molar-refractivity contribution in [3.63, 3.8) is 0 Å². The minimum atomic E-state index is -3.68. The molecule has 8 heteroatoms. The van der Waals surface area contributed by atoms with Gasteiger partial charge in [0, 0.05) is 31.9 Å². The Kier molecular flexibility index (Phi) is 3.63. The normalized spacial score (nSPS) is 13.3. The first kappa shape index (κ1) is 14.6.